The first-order valence-corrected chi connectivity index (χ1v) is 7.98. The number of nitrogens with zero attached hydrogens (tertiary/aromatic N) is 1. The Balaban J connectivity index is 2.55. The van der Waals surface area contributed by atoms with Gasteiger partial charge < -0.3 is 4.98 Å². The van der Waals surface area contributed by atoms with E-state index in [1.807, 2.05) is 13.1 Å². The van der Waals surface area contributed by atoms with Gasteiger partial charge in [-0.2, -0.15) is 0 Å². The van der Waals surface area contributed by atoms with E-state index in [-0.39, 0.29) is 0 Å². The summed E-state index contributed by atoms with van der Waals surface area (Å²) in [4.78, 5) is 7.28. The quantitative estimate of drug-likeness (QED) is 0.536. The number of H-pyrrole nitrogens is 1. The van der Waals surface area contributed by atoms with Gasteiger partial charge in [0.15, 0.2) is 0 Å². The molecule has 0 aliphatic heterocycles. The van der Waals surface area contributed by atoms with Gasteiger partial charge >= 0.3 is 0 Å². The van der Waals surface area contributed by atoms with Gasteiger partial charge in [-0.25, -0.2) is 4.98 Å². The zero-order valence-electron chi connectivity index (χ0n) is 8.73. The molecule has 3 heteroatoms. The van der Waals surface area contributed by atoms with Crippen LogP contribution in [0.25, 0.3) is 0 Å². The van der Waals surface area contributed by atoms with Gasteiger partial charge in [-0.3, -0.25) is 0 Å². The van der Waals surface area contributed by atoms with Crippen molar-refractivity contribution in [1.82, 2.24) is 9.97 Å². The molecule has 0 aliphatic rings. The zero-order chi connectivity index (χ0) is 9.90. The zero-order valence-corrected chi connectivity index (χ0v) is 9.73. The van der Waals surface area contributed by atoms with E-state index in [1.54, 1.807) is 0 Å². The van der Waals surface area contributed by atoms with Crippen LogP contribution in [0.4, 0.5) is 0 Å². The van der Waals surface area contributed by atoms with Crippen LogP contribution in [0.3, 0.4) is 0 Å². The van der Waals surface area contributed by atoms with Crippen LogP contribution in [0.5, 0.6) is 0 Å². The summed E-state index contributed by atoms with van der Waals surface area (Å²) < 4.78 is 0. The normalized spacial score (nSPS) is 10.8. The molecule has 0 atom stereocenters. The first-order chi connectivity index (χ1) is 5.97. The minimum Gasteiger partial charge on any atom is -0.345 e. The van der Waals surface area contributed by atoms with Gasteiger partial charge in [-0.15, -0.1) is 11.5 Å². The molecular formula is C10H16N2Si. The van der Waals surface area contributed by atoms with Gasteiger partial charge in [-0.05, 0) is 6.92 Å². The molecule has 1 aromatic rings. The molecule has 0 unspecified atom stereocenters. The highest BCUT2D eigenvalue weighted by molar-refractivity contribution is 6.83. The number of aromatic amines is 1. The van der Waals surface area contributed by atoms with Crippen molar-refractivity contribution < 1.29 is 0 Å². The van der Waals surface area contributed by atoms with Crippen molar-refractivity contribution in [3.63, 3.8) is 0 Å². The Morgan fingerprint density at radius 3 is 2.62 bits per heavy atom. The molecule has 0 radical (unpaired) electrons. The number of rotatable bonds is 1. The van der Waals surface area contributed by atoms with Crippen LogP contribution in [-0.2, 0) is 6.42 Å². The highest BCUT2D eigenvalue weighted by Gasteiger charge is 2.07. The molecular weight excluding hydrogens is 176 g/mol. The molecule has 0 aliphatic carbocycles. The van der Waals surface area contributed by atoms with Crippen molar-refractivity contribution in [2.75, 3.05) is 0 Å². The van der Waals surface area contributed by atoms with Crippen LogP contribution < -0.4 is 0 Å². The Bertz CT molecular complexity index is 336. The molecule has 0 amide bonds. The monoisotopic (exact) mass is 192 g/mol. The summed E-state index contributed by atoms with van der Waals surface area (Å²) >= 11 is 0. The number of aryl methyl sites for hydroxylation is 1. The molecule has 0 spiro atoms. The molecule has 2 nitrogen and oxygen atoms in total. The van der Waals surface area contributed by atoms with Crippen molar-refractivity contribution in [2.24, 2.45) is 0 Å². The molecule has 1 N–H and O–H groups in total. The average molecular weight is 192 g/mol. The molecule has 1 aromatic heterocycles. The molecule has 1 heterocycles. The number of imidazole rings is 1. The highest BCUT2D eigenvalue weighted by atomic mass is 28.3. The van der Waals surface area contributed by atoms with E-state index in [9.17, 15) is 0 Å². The van der Waals surface area contributed by atoms with Crippen molar-refractivity contribution in [3.8, 4) is 11.5 Å². The maximum absolute atomic E-state index is 4.12. The number of nitrogens with one attached hydrogen (secondary N) is 1. The van der Waals surface area contributed by atoms with Gasteiger partial charge in [-0.1, -0.05) is 19.6 Å². The van der Waals surface area contributed by atoms with Crippen LogP contribution >= 0.6 is 0 Å². The minimum atomic E-state index is -1.20. The third-order valence-corrected chi connectivity index (χ3v) is 2.42. The third-order valence-electron chi connectivity index (χ3n) is 1.50. The lowest BCUT2D eigenvalue weighted by Gasteiger charge is -2.02. The third kappa shape index (κ3) is 3.95. The van der Waals surface area contributed by atoms with Crippen LogP contribution in [0, 0.1) is 18.4 Å². The van der Waals surface area contributed by atoms with E-state index in [2.05, 4.69) is 41.1 Å². The molecule has 0 bridgehead atoms. The van der Waals surface area contributed by atoms with Crippen molar-refractivity contribution in [3.05, 3.63) is 17.7 Å². The summed E-state index contributed by atoms with van der Waals surface area (Å²) in [6.45, 7) is 8.70. The number of aromatic nitrogens is 2. The van der Waals surface area contributed by atoms with Gasteiger partial charge in [0.1, 0.15) is 13.9 Å². The van der Waals surface area contributed by atoms with Gasteiger partial charge in [0, 0.05) is 11.9 Å². The molecule has 0 fully saturated rings. The summed E-state index contributed by atoms with van der Waals surface area (Å²) in [7, 11) is -1.20. The van der Waals surface area contributed by atoms with Crippen molar-refractivity contribution in [2.45, 2.75) is 33.0 Å². The predicted octanol–water partition coefficient (Wildman–Crippen LogP) is 2.14. The smallest absolute Gasteiger partial charge is 0.129 e. The second-order valence-corrected chi connectivity index (χ2v) is 8.97. The summed E-state index contributed by atoms with van der Waals surface area (Å²) in [6, 6.07) is 0. The average Bonchev–Trinajstić information content (AvgIpc) is 2.33. The van der Waals surface area contributed by atoms with E-state index in [0.29, 0.717) is 0 Å². The van der Waals surface area contributed by atoms with E-state index < -0.39 is 8.07 Å². The largest absolute Gasteiger partial charge is 0.345 e. The van der Waals surface area contributed by atoms with E-state index >= 15 is 0 Å². The lowest BCUT2D eigenvalue weighted by Crippen LogP contribution is -2.16. The SMILES string of the molecule is Cc1ncc(CC#C[Si](C)(C)C)[nH]1. The second kappa shape index (κ2) is 3.80. The van der Waals surface area contributed by atoms with Crippen LogP contribution in [0.2, 0.25) is 19.6 Å². The predicted molar refractivity (Wildman–Crippen MR) is 58.2 cm³/mol. The van der Waals surface area contributed by atoms with Gasteiger partial charge in [0.2, 0.25) is 0 Å². The van der Waals surface area contributed by atoms with Crippen LogP contribution in [0.15, 0.2) is 6.20 Å². The van der Waals surface area contributed by atoms with Gasteiger partial charge in [0.25, 0.3) is 0 Å². The Morgan fingerprint density at radius 1 is 1.46 bits per heavy atom. The van der Waals surface area contributed by atoms with Crippen LogP contribution in [0.1, 0.15) is 11.5 Å². The Hall–Kier alpha value is -1.01. The number of hydrogen-bond donors (Lipinski definition) is 1. The molecule has 0 aromatic carbocycles. The van der Waals surface area contributed by atoms with E-state index in [0.717, 1.165) is 17.9 Å². The highest BCUT2D eigenvalue weighted by Crippen LogP contribution is 1.99. The lowest BCUT2D eigenvalue weighted by molar-refractivity contribution is 1.10. The molecule has 0 saturated heterocycles. The molecule has 0 saturated carbocycles. The maximum Gasteiger partial charge on any atom is 0.129 e. The molecule has 70 valence electrons. The van der Waals surface area contributed by atoms with E-state index in [1.165, 1.54) is 0 Å². The summed E-state index contributed by atoms with van der Waals surface area (Å²) in [5.41, 5.74) is 4.43. The summed E-state index contributed by atoms with van der Waals surface area (Å²) in [5.74, 6) is 4.16. The van der Waals surface area contributed by atoms with Crippen molar-refractivity contribution >= 4 is 8.07 Å². The first-order valence-electron chi connectivity index (χ1n) is 4.48. The minimum absolute atomic E-state index is 0.797. The van der Waals surface area contributed by atoms with Crippen molar-refractivity contribution in [1.29, 1.82) is 0 Å². The van der Waals surface area contributed by atoms with E-state index in [4.69, 9.17) is 0 Å². The Morgan fingerprint density at radius 2 is 2.15 bits per heavy atom. The molecule has 13 heavy (non-hydrogen) atoms. The number of hydrogen-bond acceptors (Lipinski definition) is 1. The summed E-state index contributed by atoms with van der Waals surface area (Å²) in [6.07, 6.45) is 2.65. The standard InChI is InChI=1S/C10H16N2Si/c1-9-11-8-10(12-9)6-5-7-13(2,3)4/h8H,6H2,1-4H3,(H,11,12). The molecule has 1 rings (SSSR count). The Labute approximate surface area is 80.8 Å². The Kier molecular flexibility index (Phi) is 2.94. The van der Waals surface area contributed by atoms with Gasteiger partial charge in [0.05, 0.1) is 6.42 Å². The second-order valence-electron chi connectivity index (χ2n) is 4.22. The fraction of sp³-hybridized carbons (Fsp3) is 0.500. The topological polar surface area (TPSA) is 28.7 Å². The lowest BCUT2D eigenvalue weighted by atomic mass is 10.3. The summed E-state index contributed by atoms with van der Waals surface area (Å²) in [5, 5.41) is 0. The fourth-order valence-corrected chi connectivity index (χ4v) is 1.58. The fourth-order valence-electron chi connectivity index (χ4n) is 0.966. The first kappa shape index (κ1) is 10.1. The van der Waals surface area contributed by atoms with Crippen LogP contribution in [-0.4, -0.2) is 18.0 Å². The maximum atomic E-state index is 4.12.